The maximum absolute atomic E-state index is 13.4. The Balaban J connectivity index is 1.47. The monoisotopic (exact) mass is 458 g/mol. The number of hydrogen-bond donors (Lipinski definition) is 2. The van der Waals surface area contributed by atoms with Crippen LogP contribution in [0.3, 0.4) is 0 Å². The number of nitrogens with one attached hydrogen (secondary N) is 2. The third-order valence-electron chi connectivity index (χ3n) is 5.49. The van der Waals surface area contributed by atoms with Crippen LogP contribution in [0.25, 0.3) is 0 Å². The fourth-order valence-corrected chi connectivity index (χ4v) is 3.63. The summed E-state index contributed by atoms with van der Waals surface area (Å²) >= 11 is 0. The summed E-state index contributed by atoms with van der Waals surface area (Å²) in [5.74, 6) is -1.89. The molecule has 4 rings (SSSR count). The van der Waals surface area contributed by atoms with Crippen molar-refractivity contribution >= 4 is 23.4 Å². The Kier molecular flexibility index (Phi) is 6.01. The average Bonchev–Trinajstić information content (AvgIpc) is 3.08. The molecule has 0 bridgehead atoms. The number of aromatic nitrogens is 2. The number of likely N-dealkylation sites (N-methyl/N-ethyl adjacent to an activating group) is 1. The first-order chi connectivity index (χ1) is 16.3. The van der Waals surface area contributed by atoms with Crippen LogP contribution in [0.15, 0.2) is 48.8 Å². The molecule has 1 aliphatic heterocycles. The summed E-state index contributed by atoms with van der Waals surface area (Å²) in [6.07, 6.45) is 1.08. The van der Waals surface area contributed by atoms with Crippen molar-refractivity contribution in [3.8, 4) is 6.07 Å². The first-order valence-corrected chi connectivity index (χ1v) is 10.3. The van der Waals surface area contributed by atoms with Crippen LogP contribution in [0.1, 0.15) is 49.3 Å². The minimum absolute atomic E-state index is 0.0343. The largest absolute Gasteiger partial charge is 0.347 e. The number of nitriles is 1. The highest BCUT2D eigenvalue weighted by Crippen LogP contribution is 2.35. The third-order valence-corrected chi connectivity index (χ3v) is 5.49. The Labute approximate surface area is 194 Å². The minimum atomic E-state index is -0.950. The van der Waals surface area contributed by atoms with E-state index in [2.05, 4.69) is 20.6 Å². The molecule has 1 unspecified atom stereocenters. The number of carbonyl (C=O) groups excluding carboxylic acids is 3. The van der Waals surface area contributed by atoms with Crippen molar-refractivity contribution in [3.63, 3.8) is 0 Å². The van der Waals surface area contributed by atoms with Gasteiger partial charge in [-0.3, -0.25) is 14.4 Å². The zero-order valence-electron chi connectivity index (χ0n) is 18.3. The molecule has 1 atom stereocenters. The van der Waals surface area contributed by atoms with Gasteiger partial charge in [0.05, 0.1) is 17.3 Å². The molecule has 1 aliphatic rings. The van der Waals surface area contributed by atoms with Gasteiger partial charge in [-0.05, 0) is 36.2 Å². The zero-order chi connectivity index (χ0) is 24.4. The highest BCUT2D eigenvalue weighted by molar-refractivity contribution is 6.07. The van der Waals surface area contributed by atoms with Crippen molar-refractivity contribution in [3.05, 3.63) is 88.3 Å². The lowest BCUT2D eigenvalue weighted by Gasteiger charge is -2.13. The Morgan fingerprint density at radius 1 is 1.12 bits per heavy atom. The molecule has 2 N–H and O–H groups in total. The van der Waals surface area contributed by atoms with E-state index in [0.29, 0.717) is 27.9 Å². The standard InChI is InChI=1S/C24H19FN6O3/c1-13-7-15(4-6-17(13)25)11-27-22(32)18-9-19(29-12-28-18)23(33)30-21-16-5-3-14(10-26)8-20(16)31(2)24(21)34/h3-9,12,21H,11H2,1-2H3,(H,27,32)(H,30,33). The minimum Gasteiger partial charge on any atom is -0.347 e. The van der Waals surface area contributed by atoms with Gasteiger partial charge in [0.1, 0.15) is 29.6 Å². The van der Waals surface area contributed by atoms with Crippen LogP contribution in [0, 0.1) is 24.1 Å². The van der Waals surface area contributed by atoms with E-state index >= 15 is 0 Å². The van der Waals surface area contributed by atoms with E-state index in [1.807, 2.05) is 6.07 Å². The van der Waals surface area contributed by atoms with Crippen molar-refractivity contribution in [1.82, 2.24) is 20.6 Å². The van der Waals surface area contributed by atoms with Crippen LogP contribution in [0.5, 0.6) is 0 Å². The first kappa shape index (κ1) is 22.5. The van der Waals surface area contributed by atoms with Gasteiger partial charge in [0.15, 0.2) is 0 Å². The molecule has 0 fully saturated rings. The molecule has 3 aromatic rings. The smallest absolute Gasteiger partial charge is 0.270 e. The second-order valence-corrected chi connectivity index (χ2v) is 7.74. The van der Waals surface area contributed by atoms with E-state index in [9.17, 15) is 18.8 Å². The Bertz CT molecular complexity index is 1370. The first-order valence-electron chi connectivity index (χ1n) is 10.3. The van der Waals surface area contributed by atoms with Crippen molar-refractivity contribution < 1.29 is 18.8 Å². The molecule has 0 saturated carbocycles. The number of carbonyl (C=O) groups is 3. The summed E-state index contributed by atoms with van der Waals surface area (Å²) in [4.78, 5) is 47.2. The van der Waals surface area contributed by atoms with E-state index in [4.69, 9.17) is 5.26 Å². The fourth-order valence-electron chi connectivity index (χ4n) is 3.63. The van der Waals surface area contributed by atoms with Gasteiger partial charge in [0, 0.05) is 25.2 Å². The van der Waals surface area contributed by atoms with Gasteiger partial charge in [0.25, 0.3) is 17.7 Å². The van der Waals surface area contributed by atoms with E-state index in [1.165, 1.54) is 17.0 Å². The molecule has 170 valence electrons. The number of halogens is 1. The molecule has 2 heterocycles. The van der Waals surface area contributed by atoms with Gasteiger partial charge >= 0.3 is 0 Å². The van der Waals surface area contributed by atoms with Crippen molar-refractivity contribution in [2.24, 2.45) is 0 Å². The molecular weight excluding hydrogens is 439 g/mol. The van der Waals surface area contributed by atoms with E-state index in [0.717, 1.165) is 6.33 Å². The molecule has 10 heteroatoms. The number of nitrogens with zero attached hydrogens (tertiary/aromatic N) is 4. The number of fused-ring (bicyclic) bond motifs is 1. The van der Waals surface area contributed by atoms with Crippen LogP contribution in [0.2, 0.25) is 0 Å². The molecule has 0 radical (unpaired) electrons. The summed E-state index contributed by atoms with van der Waals surface area (Å²) < 4.78 is 13.4. The van der Waals surface area contributed by atoms with E-state index in [1.54, 1.807) is 44.3 Å². The fraction of sp³-hybridized carbons (Fsp3) is 0.167. The number of hydrogen-bond acceptors (Lipinski definition) is 6. The van der Waals surface area contributed by atoms with Gasteiger partial charge in [-0.2, -0.15) is 5.26 Å². The Hall–Kier alpha value is -4.65. The molecule has 9 nitrogen and oxygen atoms in total. The number of benzene rings is 2. The van der Waals surface area contributed by atoms with Gasteiger partial charge < -0.3 is 15.5 Å². The topological polar surface area (TPSA) is 128 Å². The second kappa shape index (κ2) is 9.07. The van der Waals surface area contributed by atoms with Gasteiger partial charge in [0.2, 0.25) is 0 Å². The van der Waals surface area contributed by atoms with Crippen molar-refractivity contribution in [1.29, 1.82) is 5.26 Å². The molecule has 0 spiro atoms. The average molecular weight is 458 g/mol. The summed E-state index contributed by atoms with van der Waals surface area (Å²) in [6, 6.07) is 11.6. The SMILES string of the molecule is Cc1cc(CNC(=O)c2cc(C(=O)NC3C(=O)N(C)c4cc(C#N)ccc43)ncn2)ccc1F. The quantitative estimate of drug-likeness (QED) is 0.603. The Morgan fingerprint density at radius 3 is 2.56 bits per heavy atom. The van der Waals surface area contributed by atoms with Crippen molar-refractivity contribution in [2.45, 2.75) is 19.5 Å². The van der Waals surface area contributed by atoms with Crippen LogP contribution in [-0.2, 0) is 11.3 Å². The molecule has 0 aliphatic carbocycles. The van der Waals surface area contributed by atoms with Crippen LogP contribution >= 0.6 is 0 Å². The van der Waals surface area contributed by atoms with Gasteiger partial charge in [-0.15, -0.1) is 0 Å². The van der Waals surface area contributed by atoms with Gasteiger partial charge in [-0.1, -0.05) is 18.2 Å². The lowest BCUT2D eigenvalue weighted by Crippen LogP contribution is -2.36. The summed E-state index contributed by atoms with van der Waals surface area (Å²) in [5.41, 5.74) is 2.54. The molecule has 0 saturated heterocycles. The predicted octanol–water partition coefficient (Wildman–Crippen LogP) is 2.17. The van der Waals surface area contributed by atoms with Gasteiger partial charge in [-0.25, -0.2) is 14.4 Å². The van der Waals surface area contributed by atoms with Crippen molar-refractivity contribution in [2.75, 3.05) is 11.9 Å². The molecule has 2 aromatic carbocycles. The van der Waals surface area contributed by atoms with Crippen LogP contribution < -0.4 is 15.5 Å². The molecule has 34 heavy (non-hydrogen) atoms. The second-order valence-electron chi connectivity index (χ2n) is 7.74. The normalized spacial score (nSPS) is 14.4. The summed E-state index contributed by atoms with van der Waals surface area (Å²) in [5, 5.41) is 14.4. The molecular formula is C24H19FN6O3. The molecule has 3 amide bonds. The predicted molar refractivity (Wildman–Crippen MR) is 119 cm³/mol. The highest BCUT2D eigenvalue weighted by Gasteiger charge is 2.36. The molecule has 1 aromatic heterocycles. The van der Waals surface area contributed by atoms with Crippen LogP contribution in [-0.4, -0.2) is 34.7 Å². The van der Waals surface area contributed by atoms with E-state index < -0.39 is 17.9 Å². The maximum atomic E-state index is 13.4. The lowest BCUT2D eigenvalue weighted by atomic mass is 10.1. The van der Waals surface area contributed by atoms with E-state index in [-0.39, 0.29) is 29.7 Å². The lowest BCUT2D eigenvalue weighted by molar-refractivity contribution is -0.119. The number of aryl methyl sites for hydroxylation is 1. The Morgan fingerprint density at radius 2 is 1.85 bits per heavy atom. The summed E-state index contributed by atoms with van der Waals surface area (Å²) in [6.45, 7) is 1.78. The zero-order valence-corrected chi connectivity index (χ0v) is 18.3. The van der Waals surface area contributed by atoms with Crippen LogP contribution in [0.4, 0.5) is 10.1 Å². The third kappa shape index (κ3) is 4.31. The number of rotatable bonds is 5. The highest BCUT2D eigenvalue weighted by atomic mass is 19.1. The summed E-state index contributed by atoms with van der Waals surface area (Å²) in [7, 11) is 1.56. The number of amides is 3. The number of anilines is 1. The maximum Gasteiger partial charge on any atom is 0.270 e.